The highest BCUT2D eigenvalue weighted by Crippen LogP contribution is 2.29. The second-order valence-electron chi connectivity index (χ2n) is 6.81. The van der Waals surface area contributed by atoms with E-state index in [-0.39, 0.29) is 11.9 Å². The molecule has 128 valence electrons. The van der Waals surface area contributed by atoms with Gasteiger partial charge in [-0.25, -0.2) is 0 Å². The molecule has 1 N–H and O–H groups in total. The van der Waals surface area contributed by atoms with Crippen molar-refractivity contribution < 1.29 is 4.79 Å². The molecule has 5 nitrogen and oxygen atoms in total. The Bertz CT molecular complexity index is 727. The number of carbonyl (C=O) groups is 1. The zero-order chi connectivity index (χ0) is 17.3. The van der Waals surface area contributed by atoms with Gasteiger partial charge in [0, 0.05) is 25.0 Å². The molecule has 1 saturated heterocycles. The minimum atomic E-state index is -0.0956. The van der Waals surface area contributed by atoms with E-state index in [1.807, 2.05) is 28.9 Å². The van der Waals surface area contributed by atoms with Crippen LogP contribution in [0.25, 0.3) is 0 Å². The number of nitrogens with zero attached hydrogens (tertiary/aromatic N) is 3. The Morgan fingerprint density at radius 1 is 1.17 bits per heavy atom. The molecule has 3 rings (SSSR count). The molecule has 1 aliphatic heterocycles. The first-order chi connectivity index (χ1) is 11.5. The van der Waals surface area contributed by atoms with Crippen molar-refractivity contribution in [1.82, 2.24) is 15.1 Å². The molecule has 1 aliphatic rings. The Morgan fingerprint density at radius 3 is 2.50 bits per heavy atom. The fourth-order valence-corrected chi connectivity index (χ4v) is 3.63. The number of carbonyl (C=O) groups excluding carboxylic acids is 1. The molecule has 2 aromatic rings. The molecule has 0 spiro atoms. The summed E-state index contributed by atoms with van der Waals surface area (Å²) in [5, 5.41) is 7.66. The predicted molar refractivity (Wildman–Crippen MR) is 96.4 cm³/mol. The van der Waals surface area contributed by atoms with E-state index in [9.17, 15) is 4.79 Å². The molecule has 1 atom stereocenters. The molecule has 1 fully saturated rings. The summed E-state index contributed by atoms with van der Waals surface area (Å²) in [5.41, 5.74) is 5.83. The number of aromatic nitrogens is 2. The lowest BCUT2D eigenvalue weighted by atomic mass is 10.0. The van der Waals surface area contributed by atoms with Gasteiger partial charge >= 0.3 is 0 Å². The van der Waals surface area contributed by atoms with Gasteiger partial charge < -0.3 is 10.2 Å². The Balaban J connectivity index is 1.63. The second-order valence-corrected chi connectivity index (χ2v) is 6.81. The monoisotopic (exact) mass is 326 g/mol. The van der Waals surface area contributed by atoms with Gasteiger partial charge in [0.25, 0.3) is 0 Å². The third-order valence-corrected chi connectivity index (χ3v) is 4.60. The normalized spacial score (nSPS) is 17.8. The number of amides is 1. The highest BCUT2D eigenvalue weighted by Gasteiger charge is 2.33. The van der Waals surface area contributed by atoms with Gasteiger partial charge in [-0.1, -0.05) is 17.7 Å². The van der Waals surface area contributed by atoms with Crippen molar-refractivity contribution in [2.45, 2.75) is 46.7 Å². The predicted octanol–water partition coefficient (Wildman–Crippen LogP) is 2.51. The Morgan fingerprint density at radius 2 is 1.88 bits per heavy atom. The topological polar surface area (TPSA) is 50.2 Å². The lowest BCUT2D eigenvalue weighted by Crippen LogP contribution is -2.40. The molecule has 24 heavy (non-hydrogen) atoms. The molecule has 2 heterocycles. The van der Waals surface area contributed by atoms with Crippen LogP contribution in [0, 0.1) is 27.7 Å². The average Bonchev–Trinajstić information content (AvgIpc) is 3.06. The fraction of sp³-hybridized carbons (Fsp3) is 0.474. The van der Waals surface area contributed by atoms with Gasteiger partial charge in [-0.3, -0.25) is 9.48 Å². The van der Waals surface area contributed by atoms with Crippen LogP contribution in [0.5, 0.6) is 0 Å². The third kappa shape index (κ3) is 3.36. The van der Waals surface area contributed by atoms with Crippen LogP contribution in [0.4, 0.5) is 5.69 Å². The highest BCUT2D eigenvalue weighted by molar-refractivity contribution is 6.00. The number of hydrogen-bond acceptors (Lipinski definition) is 3. The smallest absolute Gasteiger partial charge is 0.244 e. The summed E-state index contributed by atoms with van der Waals surface area (Å²) in [6.07, 6.45) is 4.72. The SMILES string of the molecule is Cc1cc(C)c(N2CC[C@@H](NCCn3cc(C)cn3)C2=O)c(C)c1. The van der Waals surface area contributed by atoms with Crippen LogP contribution in [0.3, 0.4) is 0 Å². The van der Waals surface area contributed by atoms with E-state index in [4.69, 9.17) is 0 Å². The van der Waals surface area contributed by atoms with Crippen LogP contribution in [0.1, 0.15) is 28.7 Å². The number of hydrogen-bond donors (Lipinski definition) is 1. The van der Waals surface area contributed by atoms with Crippen molar-refractivity contribution in [3.8, 4) is 0 Å². The van der Waals surface area contributed by atoms with Crippen molar-refractivity contribution in [2.75, 3.05) is 18.0 Å². The van der Waals surface area contributed by atoms with Crippen molar-refractivity contribution in [3.05, 3.63) is 46.8 Å². The van der Waals surface area contributed by atoms with Crippen LogP contribution in [-0.2, 0) is 11.3 Å². The van der Waals surface area contributed by atoms with Crippen LogP contribution in [-0.4, -0.2) is 34.8 Å². The van der Waals surface area contributed by atoms with Crippen LogP contribution in [0.15, 0.2) is 24.5 Å². The van der Waals surface area contributed by atoms with Gasteiger partial charge in [0.1, 0.15) is 0 Å². The molecule has 1 aromatic carbocycles. The molecule has 0 aliphatic carbocycles. The van der Waals surface area contributed by atoms with E-state index in [2.05, 4.69) is 43.3 Å². The molecular weight excluding hydrogens is 300 g/mol. The standard InChI is InChI=1S/C19H26N4O/c1-13-9-15(3)18(16(4)10-13)23-7-5-17(19(23)24)20-6-8-22-12-14(2)11-21-22/h9-12,17,20H,5-8H2,1-4H3/t17-/m1/s1. The highest BCUT2D eigenvalue weighted by atomic mass is 16.2. The minimum Gasteiger partial charge on any atom is -0.310 e. The van der Waals surface area contributed by atoms with E-state index in [1.165, 1.54) is 16.7 Å². The maximum atomic E-state index is 12.8. The summed E-state index contributed by atoms with van der Waals surface area (Å²) in [4.78, 5) is 14.7. The van der Waals surface area contributed by atoms with Crippen molar-refractivity contribution >= 4 is 11.6 Å². The molecule has 1 aromatic heterocycles. The van der Waals surface area contributed by atoms with Gasteiger partial charge in [-0.15, -0.1) is 0 Å². The second kappa shape index (κ2) is 6.77. The van der Waals surface area contributed by atoms with Crippen molar-refractivity contribution in [3.63, 3.8) is 0 Å². The van der Waals surface area contributed by atoms with Crippen LogP contribution >= 0.6 is 0 Å². The molecule has 0 radical (unpaired) electrons. The van der Waals surface area contributed by atoms with Crippen LogP contribution < -0.4 is 10.2 Å². The Hall–Kier alpha value is -2.14. The maximum absolute atomic E-state index is 12.8. The van der Waals surface area contributed by atoms with Gasteiger partial charge in [0.15, 0.2) is 0 Å². The largest absolute Gasteiger partial charge is 0.310 e. The molecule has 0 saturated carbocycles. The summed E-state index contributed by atoms with van der Waals surface area (Å²) in [7, 11) is 0. The van der Waals surface area contributed by atoms with E-state index in [0.717, 1.165) is 37.3 Å². The summed E-state index contributed by atoms with van der Waals surface area (Å²) >= 11 is 0. The lowest BCUT2D eigenvalue weighted by molar-refractivity contribution is -0.118. The first-order valence-electron chi connectivity index (χ1n) is 8.57. The van der Waals surface area contributed by atoms with Gasteiger partial charge in [0.2, 0.25) is 5.91 Å². The third-order valence-electron chi connectivity index (χ3n) is 4.60. The number of anilines is 1. The number of aryl methyl sites for hydroxylation is 4. The molecule has 0 unspecified atom stereocenters. The molecular formula is C19H26N4O. The average molecular weight is 326 g/mol. The summed E-state index contributed by atoms with van der Waals surface area (Å²) in [6, 6.07) is 4.20. The zero-order valence-corrected chi connectivity index (χ0v) is 15.0. The van der Waals surface area contributed by atoms with E-state index < -0.39 is 0 Å². The minimum absolute atomic E-state index is 0.0956. The van der Waals surface area contributed by atoms with E-state index in [1.54, 1.807) is 0 Å². The molecule has 1 amide bonds. The molecule has 5 heteroatoms. The maximum Gasteiger partial charge on any atom is 0.244 e. The quantitative estimate of drug-likeness (QED) is 0.918. The lowest BCUT2D eigenvalue weighted by Gasteiger charge is -2.22. The zero-order valence-electron chi connectivity index (χ0n) is 15.0. The van der Waals surface area contributed by atoms with Gasteiger partial charge in [-0.2, -0.15) is 5.10 Å². The number of nitrogens with one attached hydrogen (secondary N) is 1. The van der Waals surface area contributed by atoms with E-state index in [0.29, 0.717) is 0 Å². The van der Waals surface area contributed by atoms with Gasteiger partial charge in [-0.05, 0) is 50.8 Å². The van der Waals surface area contributed by atoms with Crippen LogP contribution in [0.2, 0.25) is 0 Å². The fourth-order valence-electron chi connectivity index (χ4n) is 3.63. The Labute approximate surface area is 143 Å². The summed E-state index contributed by atoms with van der Waals surface area (Å²) in [6.45, 7) is 10.6. The summed E-state index contributed by atoms with van der Waals surface area (Å²) in [5.74, 6) is 0.182. The summed E-state index contributed by atoms with van der Waals surface area (Å²) < 4.78 is 1.91. The van der Waals surface area contributed by atoms with Gasteiger partial charge in [0.05, 0.1) is 18.8 Å². The molecule has 0 bridgehead atoms. The first-order valence-corrected chi connectivity index (χ1v) is 8.57. The van der Waals surface area contributed by atoms with Crippen molar-refractivity contribution in [1.29, 1.82) is 0 Å². The number of benzene rings is 1. The first kappa shape index (κ1) is 16.7. The number of rotatable bonds is 5. The van der Waals surface area contributed by atoms with Crippen molar-refractivity contribution in [2.24, 2.45) is 0 Å². The Kier molecular flexibility index (Phi) is 4.71. The van der Waals surface area contributed by atoms with E-state index >= 15 is 0 Å².